The van der Waals surface area contributed by atoms with Crippen molar-refractivity contribution in [1.29, 1.82) is 0 Å². The maximum atomic E-state index is 12.8. The summed E-state index contributed by atoms with van der Waals surface area (Å²) >= 11 is 0. The first-order valence-electron chi connectivity index (χ1n) is 10.2. The summed E-state index contributed by atoms with van der Waals surface area (Å²) in [6.07, 6.45) is 3.76. The van der Waals surface area contributed by atoms with E-state index in [0.29, 0.717) is 32.0 Å². The second-order valence-corrected chi connectivity index (χ2v) is 9.41. The Kier molecular flexibility index (Phi) is 6.43. The summed E-state index contributed by atoms with van der Waals surface area (Å²) in [6, 6.07) is 12.4. The molecule has 2 aliphatic rings. The van der Waals surface area contributed by atoms with Crippen LogP contribution in [0.5, 0.6) is 0 Å². The second-order valence-electron chi connectivity index (χ2n) is 7.48. The van der Waals surface area contributed by atoms with Crippen LogP contribution in [0.1, 0.15) is 24.6 Å². The van der Waals surface area contributed by atoms with Crippen LogP contribution < -0.4 is 5.32 Å². The van der Waals surface area contributed by atoms with Crippen molar-refractivity contribution in [3.63, 3.8) is 0 Å². The molecule has 0 spiro atoms. The van der Waals surface area contributed by atoms with Gasteiger partial charge in [-0.3, -0.25) is 14.7 Å². The molecule has 0 unspecified atom stereocenters. The predicted octanol–water partition coefficient (Wildman–Crippen LogP) is 1.88. The van der Waals surface area contributed by atoms with Crippen molar-refractivity contribution in [1.82, 2.24) is 14.2 Å². The number of anilines is 1. The van der Waals surface area contributed by atoms with E-state index in [1.807, 2.05) is 18.2 Å². The third kappa shape index (κ3) is 4.70. The van der Waals surface area contributed by atoms with Gasteiger partial charge in [0.1, 0.15) is 0 Å². The quantitative estimate of drug-likeness (QED) is 0.752. The molecule has 1 aromatic heterocycles. The molecule has 0 saturated carbocycles. The highest BCUT2D eigenvalue weighted by molar-refractivity contribution is 7.89. The third-order valence-electron chi connectivity index (χ3n) is 5.47. The Bertz CT molecular complexity index is 978. The first kappa shape index (κ1) is 20.9. The number of nitrogens with zero attached hydrogens (tertiary/aromatic N) is 3. The maximum Gasteiger partial charge on any atom is 0.243 e. The van der Waals surface area contributed by atoms with Crippen LogP contribution in [0, 0.1) is 0 Å². The Hall–Kier alpha value is -2.33. The van der Waals surface area contributed by atoms with Gasteiger partial charge in [0, 0.05) is 25.0 Å². The predicted molar refractivity (Wildman–Crippen MR) is 112 cm³/mol. The van der Waals surface area contributed by atoms with E-state index in [-0.39, 0.29) is 23.4 Å². The van der Waals surface area contributed by atoms with E-state index in [2.05, 4.69) is 15.2 Å². The lowest BCUT2D eigenvalue weighted by Crippen LogP contribution is -2.40. The molecule has 9 heteroatoms. The van der Waals surface area contributed by atoms with Gasteiger partial charge < -0.3 is 10.1 Å². The molecule has 1 N–H and O–H groups in total. The number of carbonyl (C=O) groups is 1. The number of amides is 1. The summed E-state index contributed by atoms with van der Waals surface area (Å²) < 4.78 is 32.3. The van der Waals surface area contributed by atoms with Gasteiger partial charge in [-0.25, -0.2) is 8.42 Å². The highest BCUT2D eigenvalue weighted by atomic mass is 32.2. The van der Waals surface area contributed by atoms with Gasteiger partial charge in [-0.1, -0.05) is 12.1 Å². The molecule has 2 aliphatic heterocycles. The molecule has 4 rings (SSSR count). The molecule has 2 aromatic rings. The van der Waals surface area contributed by atoms with Crippen LogP contribution in [-0.4, -0.2) is 67.9 Å². The van der Waals surface area contributed by atoms with E-state index in [1.165, 1.54) is 10.4 Å². The van der Waals surface area contributed by atoms with E-state index >= 15 is 0 Å². The first-order valence-corrected chi connectivity index (χ1v) is 11.6. The minimum absolute atomic E-state index is 0.130. The Morgan fingerprint density at radius 3 is 2.73 bits per heavy atom. The zero-order chi connectivity index (χ0) is 21.0. The zero-order valence-electron chi connectivity index (χ0n) is 16.7. The van der Waals surface area contributed by atoms with Gasteiger partial charge >= 0.3 is 0 Å². The fourth-order valence-electron chi connectivity index (χ4n) is 3.98. The molecule has 0 radical (unpaired) electrons. The van der Waals surface area contributed by atoms with E-state index in [9.17, 15) is 13.2 Å². The number of nitrogens with one attached hydrogen (secondary N) is 1. The van der Waals surface area contributed by atoms with Crippen LogP contribution in [0.15, 0.2) is 53.6 Å². The molecule has 0 bridgehead atoms. The molecular formula is C21H26N4O4S. The first-order chi connectivity index (χ1) is 14.5. The lowest BCUT2D eigenvalue weighted by atomic mass is 10.1. The molecule has 0 aliphatic carbocycles. The zero-order valence-corrected chi connectivity index (χ0v) is 17.6. The molecule has 2 fully saturated rings. The molecule has 3 heterocycles. The standard InChI is InChI=1S/C21H26N4O4S/c26-21(16-24-10-4-8-20(24)19-7-1-2-9-22-19)23-17-5-3-6-18(15-17)30(27,28)25-11-13-29-14-12-25/h1-3,5-7,9,15,20H,4,8,10-14,16H2,(H,23,26)/t20-/m0/s1. The van der Waals surface area contributed by atoms with E-state index in [4.69, 9.17) is 4.74 Å². The number of sulfonamides is 1. The van der Waals surface area contributed by atoms with Crippen LogP contribution in [0.2, 0.25) is 0 Å². The summed E-state index contributed by atoms with van der Waals surface area (Å²) in [6.45, 7) is 2.53. The van der Waals surface area contributed by atoms with Crippen molar-refractivity contribution in [2.24, 2.45) is 0 Å². The largest absolute Gasteiger partial charge is 0.379 e. The number of ether oxygens (including phenoxy) is 1. The summed E-state index contributed by atoms with van der Waals surface area (Å²) in [7, 11) is -3.60. The minimum Gasteiger partial charge on any atom is -0.379 e. The molecule has 1 atom stereocenters. The smallest absolute Gasteiger partial charge is 0.243 e. The molecule has 30 heavy (non-hydrogen) atoms. The number of aromatic nitrogens is 1. The number of hydrogen-bond acceptors (Lipinski definition) is 6. The van der Waals surface area contributed by atoms with Gasteiger partial charge in [-0.15, -0.1) is 0 Å². The van der Waals surface area contributed by atoms with Crippen molar-refractivity contribution in [2.75, 3.05) is 44.7 Å². The summed E-state index contributed by atoms with van der Waals surface area (Å²) in [5.41, 5.74) is 1.45. The fraction of sp³-hybridized carbons (Fsp3) is 0.429. The summed E-state index contributed by atoms with van der Waals surface area (Å²) in [5, 5.41) is 2.85. The normalized spacial score (nSPS) is 20.9. The number of benzene rings is 1. The minimum atomic E-state index is -3.60. The number of rotatable bonds is 6. The highest BCUT2D eigenvalue weighted by Gasteiger charge is 2.29. The lowest BCUT2D eigenvalue weighted by Gasteiger charge is -2.26. The number of likely N-dealkylation sites (tertiary alicyclic amines) is 1. The second kappa shape index (κ2) is 9.22. The Balaban J connectivity index is 1.42. The average molecular weight is 431 g/mol. The number of carbonyl (C=O) groups excluding carboxylic acids is 1. The van der Waals surface area contributed by atoms with Crippen LogP contribution in [0.4, 0.5) is 5.69 Å². The van der Waals surface area contributed by atoms with Crippen molar-refractivity contribution >= 4 is 21.6 Å². The van der Waals surface area contributed by atoms with Gasteiger partial charge in [0.15, 0.2) is 0 Å². The number of morpholine rings is 1. The Morgan fingerprint density at radius 2 is 1.97 bits per heavy atom. The Labute approximate surface area is 176 Å². The molecule has 1 amide bonds. The van der Waals surface area contributed by atoms with Crippen molar-refractivity contribution in [2.45, 2.75) is 23.8 Å². The third-order valence-corrected chi connectivity index (χ3v) is 7.36. The topological polar surface area (TPSA) is 91.8 Å². The molecule has 1 aromatic carbocycles. The molecular weight excluding hydrogens is 404 g/mol. The summed E-state index contributed by atoms with van der Waals surface area (Å²) in [4.78, 5) is 19.4. The lowest BCUT2D eigenvalue weighted by molar-refractivity contribution is -0.117. The van der Waals surface area contributed by atoms with Crippen molar-refractivity contribution < 1.29 is 17.9 Å². The SMILES string of the molecule is O=C(CN1CCC[C@H]1c1ccccn1)Nc1cccc(S(=O)(=O)N2CCOCC2)c1. The van der Waals surface area contributed by atoms with Gasteiger partial charge in [-0.2, -0.15) is 4.31 Å². The van der Waals surface area contributed by atoms with E-state index < -0.39 is 10.0 Å². The van der Waals surface area contributed by atoms with Crippen LogP contribution in [0.25, 0.3) is 0 Å². The van der Waals surface area contributed by atoms with Crippen LogP contribution in [0.3, 0.4) is 0 Å². The van der Waals surface area contributed by atoms with Gasteiger partial charge in [-0.05, 0) is 49.7 Å². The van der Waals surface area contributed by atoms with Crippen LogP contribution in [-0.2, 0) is 19.6 Å². The molecule has 160 valence electrons. The maximum absolute atomic E-state index is 12.8. The highest BCUT2D eigenvalue weighted by Crippen LogP contribution is 2.30. The molecule has 2 saturated heterocycles. The number of pyridine rings is 1. The van der Waals surface area contributed by atoms with Crippen LogP contribution >= 0.6 is 0 Å². The molecule has 8 nitrogen and oxygen atoms in total. The van der Waals surface area contributed by atoms with E-state index in [1.54, 1.807) is 24.4 Å². The van der Waals surface area contributed by atoms with Gasteiger partial charge in [0.2, 0.25) is 15.9 Å². The average Bonchev–Trinajstić information content (AvgIpc) is 3.23. The van der Waals surface area contributed by atoms with Gasteiger partial charge in [0.25, 0.3) is 0 Å². The van der Waals surface area contributed by atoms with Crippen molar-refractivity contribution in [3.05, 3.63) is 54.4 Å². The van der Waals surface area contributed by atoms with Crippen molar-refractivity contribution in [3.8, 4) is 0 Å². The fourth-order valence-corrected chi connectivity index (χ4v) is 5.43. The monoisotopic (exact) mass is 430 g/mol. The van der Waals surface area contributed by atoms with Gasteiger partial charge in [0.05, 0.1) is 36.4 Å². The Morgan fingerprint density at radius 1 is 1.13 bits per heavy atom. The van der Waals surface area contributed by atoms with E-state index in [0.717, 1.165) is 25.1 Å². The number of hydrogen-bond donors (Lipinski definition) is 1. The summed E-state index contributed by atoms with van der Waals surface area (Å²) in [5.74, 6) is -0.168.